The highest BCUT2D eigenvalue weighted by Gasteiger charge is 2.14. The number of aliphatic hydroxyl groups excluding tert-OH is 7. The molecule has 0 aliphatic heterocycles. The average molecular weight is 1360 g/mol. The highest BCUT2D eigenvalue weighted by molar-refractivity contribution is 5.61. The summed E-state index contributed by atoms with van der Waals surface area (Å²) in [6.45, 7) is 23.6. The van der Waals surface area contributed by atoms with Crippen molar-refractivity contribution in [1.29, 1.82) is 0 Å². The van der Waals surface area contributed by atoms with E-state index in [1.807, 2.05) is 0 Å². The Hall–Kier alpha value is -5.67. The van der Waals surface area contributed by atoms with Crippen LogP contribution in [0.3, 0.4) is 0 Å². The van der Waals surface area contributed by atoms with Crippen LogP contribution in [-0.2, 0) is 99.5 Å². The summed E-state index contributed by atoms with van der Waals surface area (Å²) in [7, 11) is 10.7. The van der Waals surface area contributed by atoms with Gasteiger partial charge in [-0.25, -0.2) is 33.6 Å². The molecule has 554 valence electrons. The number of hydrogen-bond acceptors (Lipinski definition) is 35. The second-order valence-corrected chi connectivity index (χ2v) is 19.4. The number of carbonyl (C=O) groups excluding carboxylic acids is 7. The molecule has 0 aliphatic carbocycles. The molecule has 92 heavy (non-hydrogen) atoms. The molecular weight excluding hydrogens is 1240 g/mol. The third-order valence-corrected chi connectivity index (χ3v) is 8.96. The van der Waals surface area contributed by atoms with Crippen LogP contribution in [0.4, 0.5) is 33.6 Å². The van der Waals surface area contributed by atoms with Crippen molar-refractivity contribution in [3.63, 3.8) is 0 Å². The molecule has 14 unspecified atom stereocenters. The van der Waals surface area contributed by atoms with Gasteiger partial charge in [0.15, 0.2) is 0 Å². The first-order chi connectivity index (χ1) is 42.4. The molecule has 0 rings (SSSR count). The fraction of sp³-hybridized carbons (Fsp3) is 0.877. The third-order valence-electron chi connectivity index (χ3n) is 8.96. The number of hydrogen-bond donors (Lipinski definition) is 7. The molecule has 0 aromatic heterocycles. The van der Waals surface area contributed by atoms with Crippen molar-refractivity contribution < 1.29 is 169 Å². The van der Waals surface area contributed by atoms with Crippen molar-refractivity contribution in [3.8, 4) is 0 Å². The summed E-state index contributed by atoms with van der Waals surface area (Å²) in [5.41, 5.74) is 0. The van der Waals surface area contributed by atoms with Crippen LogP contribution in [0.15, 0.2) is 0 Å². The van der Waals surface area contributed by atoms with Gasteiger partial charge in [0.2, 0.25) is 0 Å². The molecule has 35 nitrogen and oxygen atoms in total. The molecule has 0 bridgehead atoms. The van der Waals surface area contributed by atoms with Crippen molar-refractivity contribution in [1.82, 2.24) is 0 Å². The van der Waals surface area contributed by atoms with E-state index in [0.29, 0.717) is 0 Å². The fourth-order valence-electron chi connectivity index (χ4n) is 3.39. The lowest BCUT2D eigenvalue weighted by molar-refractivity contribution is -0.00548. The monoisotopic (exact) mass is 1360 g/mol. The Morgan fingerprint density at radius 3 is 0.337 bits per heavy atom. The minimum absolute atomic E-state index is 0. The zero-order valence-corrected chi connectivity index (χ0v) is 57.0. The van der Waals surface area contributed by atoms with Gasteiger partial charge in [0.25, 0.3) is 0 Å². The summed E-state index contributed by atoms with van der Waals surface area (Å²) in [6.07, 6.45) is -11.3. The lowest BCUT2D eigenvalue weighted by Crippen LogP contribution is -2.21. The first-order valence-corrected chi connectivity index (χ1v) is 28.4. The van der Waals surface area contributed by atoms with Crippen molar-refractivity contribution in [2.24, 2.45) is 0 Å². The highest BCUT2D eigenvalue weighted by atomic mass is 16.8. The summed E-state index contributed by atoms with van der Waals surface area (Å²) < 4.78 is 98.2. The van der Waals surface area contributed by atoms with Crippen molar-refractivity contribution in [2.75, 3.05) is 142 Å². The van der Waals surface area contributed by atoms with Crippen molar-refractivity contribution in [3.05, 3.63) is 0 Å². The molecule has 0 saturated heterocycles. The van der Waals surface area contributed by atoms with Gasteiger partial charge in [-0.05, 0) is 96.9 Å². The number of carbonyl (C=O) groups is 7. The molecule has 0 aliphatic rings. The molecule has 0 fully saturated rings. The largest absolute Gasteiger partial charge is 0.508 e. The van der Waals surface area contributed by atoms with Gasteiger partial charge in [0.05, 0.1) is 85.5 Å². The Bertz CT molecular complexity index is 1350. The van der Waals surface area contributed by atoms with Gasteiger partial charge in [-0.1, -0.05) is 7.43 Å². The Kier molecular flexibility index (Phi) is 79.3. The van der Waals surface area contributed by atoms with Crippen LogP contribution in [-0.4, -0.2) is 307 Å². The second kappa shape index (κ2) is 71.2. The highest BCUT2D eigenvalue weighted by Crippen LogP contribution is 2.00. The molecule has 7 N–H and O–H groups in total. The van der Waals surface area contributed by atoms with Crippen LogP contribution >= 0.6 is 0 Å². The lowest BCUT2D eigenvalue weighted by atomic mass is 10.4. The minimum atomic E-state index is -0.787. The van der Waals surface area contributed by atoms with Gasteiger partial charge in [0.1, 0.15) is 92.5 Å². The van der Waals surface area contributed by atoms with Crippen LogP contribution in [0.1, 0.15) is 104 Å². The summed E-state index contributed by atoms with van der Waals surface area (Å²) in [4.78, 5) is 75.3. The predicted molar refractivity (Wildman–Crippen MR) is 325 cm³/mol. The lowest BCUT2D eigenvalue weighted by Gasteiger charge is -2.10. The van der Waals surface area contributed by atoms with E-state index >= 15 is 0 Å². The summed E-state index contributed by atoms with van der Waals surface area (Å²) in [5.74, 6) is 0. The maximum atomic E-state index is 10.8. The number of methoxy groups -OCH3 is 7. The van der Waals surface area contributed by atoms with E-state index in [4.69, 9.17) is 68.9 Å². The molecule has 0 amide bonds. The Balaban J connectivity index is -0.000000149. The summed E-state index contributed by atoms with van der Waals surface area (Å²) in [5, 5.41) is 61.4. The molecule has 35 heteroatoms. The molecule has 0 radical (unpaired) electrons. The van der Waals surface area contributed by atoms with Gasteiger partial charge in [-0.3, -0.25) is 0 Å². The molecular formula is C57H116O35. The van der Waals surface area contributed by atoms with E-state index in [1.165, 1.54) is 98.2 Å². The SMILES string of the molecule is C.COC(C)COC(=O)OCC(C)O.COC(C)COC(=O)OCC(C)O.COC(C)COC(=O)OCC(C)O.COC(C)COC(=O)OCC(C)O.COC(C)COC(=O)OCC(C)O.COC(C)COC(=O)OCC(C)O.COC(C)COC(=O)OCC(C)O. The van der Waals surface area contributed by atoms with Crippen molar-refractivity contribution >= 4 is 43.1 Å². The van der Waals surface area contributed by atoms with E-state index < -0.39 is 85.8 Å². The van der Waals surface area contributed by atoms with Crippen LogP contribution in [0, 0.1) is 0 Å². The topological polar surface area (TPSA) is 455 Å². The van der Waals surface area contributed by atoms with Crippen LogP contribution in [0.2, 0.25) is 0 Å². The zero-order chi connectivity index (χ0) is 71.9. The van der Waals surface area contributed by atoms with E-state index in [0.717, 1.165) is 0 Å². The maximum absolute atomic E-state index is 10.8. The first kappa shape index (κ1) is 102. The number of rotatable bonds is 35. The average Bonchev–Trinajstić information content (AvgIpc) is 3.72. The third kappa shape index (κ3) is 95.4. The van der Waals surface area contributed by atoms with Gasteiger partial charge < -0.3 is 135 Å². The Labute approximate surface area is 542 Å². The Morgan fingerprint density at radius 1 is 0.196 bits per heavy atom. The quantitative estimate of drug-likeness (QED) is 0.0339. The van der Waals surface area contributed by atoms with Crippen molar-refractivity contribution in [2.45, 2.75) is 190 Å². The fourth-order valence-corrected chi connectivity index (χ4v) is 3.39. The zero-order valence-electron chi connectivity index (χ0n) is 57.0. The smallest absolute Gasteiger partial charge is 0.432 e. The first-order valence-electron chi connectivity index (χ1n) is 28.4. The van der Waals surface area contributed by atoms with Gasteiger partial charge in [-0.15, -0.1) is 0 Å². The second-order valence-electron chi connectivity index (χ2n) is 19.4. The molecule has 14 atom stereocenters. The van der Waals surface area contributed by atoms with E-state index in [2.05, 4.69) is 66.3 Å². The molecule has 0 aromatic carbocycles. The molecule has 0 saturated carbocycles. The van der Waals surface area contributed by atoms with E-state index in [9.17, 15) is 33.6 Å². The molecule has 0 heterocycles. The van der Waals surface area contributed by atoms with E-state index in [1.54, 1.807) is 48.5 Å². The van der Waals surface area contributed by atoms with E-state index in [-0.39, 0.29) is 143 Å². The summed E-state index contributed by atoms with van der Waals surface area (Å²) in [6, 6.07) is 0. The molecule has 0 spiro atoms. The van der Waals surface area contributed by atoms with Crippen LogP contribution in [0.5, 0.6) is 0 Å². The van der Waals surface area contributed by atoms with Crippen LogP contribution in [0.25, 0.3) is 0 Å². The van der Waals surface area contributed by atoms with Gasteiger partial charge >= 0.3 is 43.1 Å². The van der Waals surface area contributed by atoms with Gasteiger partial charge in [0, 0.05) is 49.8 Å². The molecule has 0 aromatic rings. The number of aliphatic hydroxyl groups is 7. The number of ether oxygens (including phenoxy) is 21. The minimum Gasteiger partial charge on any atom is -0.432 e. The van der Waals surface area contributed by atoms with Crippen LogP contribution < -0.4 is 0 Å². The maximum Gasteiger partial charge on any atom is 0.508 e. The Morgan fingerprint density at radius 2 is 0.272 bits per heavy atom. The predicted octanol–water partition coefficient (Wildman–Crippen LogP) is 4.52. The summed E-state index contributed by atoms with van der Waals surface area (Å²) >= 11 is 0. The standard InChI is InChI=1S/7C8H16O5.CH4/c7*1-6(9)4-12-8(10)13-5-7(2)11-3;/h7*6-7,9H,4-5H2,1-3H3;1H4. The van der Waals surface area contributed by atoms with Gasteiger partial charge in [-0.2, -0.15) is 0 Å². The normalized spacial score (nSPS) is 14.6.